The van der Waals surface area contributed by atoms with Gasteiger partial charge < -0.3 is 9.05 Å². The third-order valence-electron chi connectivity index (χ3n) is 21.2. The lowest BCUT2D eigenvalue weighted by Gasteiger charge is -2.66. The first kappa shape index (κ1) is 29.5. The van der Waals surface area contributed by atoms with Crippen molar-refractivity contribution in [2.75, 3.05) is 0 Å². The highest BCUT2D eigenvalue weighted by Gasteiger charge is 2.78. The quantitative estimate of drug-likeness (QED) is 0.156. The molecule has 0 saturated heterocycles. The molecule has 4 bridgehead atoms. The van der Waals surface area contributed by atoms with E-state index in [9.17, 15) is 0 Å². The lowest BCUT2D eigenvalue weighted by atomic mass is 9.38. The maximum absolute atomic E-state index is 2.87. The molecule has 0 N–H and O–H groups in total. The largest absolute Gasteiger partial charge is 0.375 e. The topological polar surface area (TPSA) is 9.86 Å². The van der Waals surface area contributed by atoms with Crippen LogP contribution in [0.1, 0.15) is 80.9 Å². The fraction of sp³-hybridized carbons (Fsp3) is 0.382. The average Bonchev–Trinajstić information content (AvgIpc) is 4.04. The molecule has 10 aliphatic rings. The van der Waals surface area contributed by atoms with E-state index in [1.165, 1.54) is 141 Å². The molecule has 8 aromatic rings. The summed E-state index contributed by atoms with van der Waals surface area (Å²) in [4.78, 5) is 0. The minimum absolute atomic E-state index is 0.131. The molecule has 4 heterocycles. The first-order chi connectivity index (χ1) is 28.5. The van der Waals surface area contributed by atoms with E-state index in [1.807, 2.05) is 0 Å². The highest BCUT2D eigenvalue weighted by Crippen LogP contribution is 2.85. The lowest BCUT2D eigenvalue weighted by Crippen LogP contribution is -2.59. The van der Waals surface area contributed by atoms with Crippen LogP contribution >= 0.6 is 0 Å². The van der Waals surface area contributed by atoms with E-state index in [2.05, 4.69) is 113 Å². The summed E-state index contributed by atoms with van der Waals surface area (Å²) in [7, 11) is 0. The zero-order valence-electron chi connectivity index (χ0n) is 33.2. The Hall–Kier alpha value is -4.76. The molecule has 6 aromatic carbocycles. The summed E-state index contributed by atoms with van der Waals surface area (Å²) in [6.45, 7) is 2.49. The van der Waals surface area contributed by atoms with Crippen molar-refractivity contribution in [1.82, 2.24) is 9.05 Å². The second-order valence-electron chi connectivity index (χ2n) is 22.5. The third-order valence-corrected chi connectivity index (χ3v) is 21.2. The molecule has 2 spiro atoms. The molecule has 58 heavy (non-hydrogen) atoms. The van der Waals surface area contributed by atoms with Gasteiger partial charge in [-0.25, -0.2) is 0 Å². The van der Waals surface area contributed by atoms with E-state index in [4.69, 9.17) is 0 Å². The fourth-order valence-corrected chi connectivity index (χ4v) is 19.3. The first-order valence-electron chi connectivity index (χ1n) is 23.2. The van der Waals surface area contributed by atoms with Crippen molar-refractivity contribution in [3.63, 3.8) is 0 Å². The van der Waals surface area contributed by atoms with Crippen LogP contribution in [0.25, 0.3) is 71.2 Å². The molecule has 2 aliphatic heterocycles. The zero-order chi connectivity index (χ0) is 37.0. The minimum Gasteiger partial charge on any atom is -0.375 e. The van der Waals surface area contributed by atoms with E-state index >= 15 is 0 Å². The Kier molecular flexibility index (Phi) is 4.37. The van der Waals surface area contributed by atoms with Crippen LogP contribution in [-0.2, 0) is 10.8 Å². The Balaban J connectivity index is 0.973. The molecule has 0 radical (unpaired) electrons. The van der Waals surface area contributed by atoms with Crippen molar-refractivity contribution >= 4 is 72.2 Å². The van der Waals surface area contributed by atoms with Gasteiger partial charge in [0.05, 0.1) is 11.0 Å². The molecule has 2 aromatic heterocycles. The van der Waals surface area contributed by atoms with Crippen molar-refractivity contribution in [3.8, 4) is 16.8 Å². The van der Waals surface area contributed by atoms with Crippen LogP contribution in [0, 0.1) is 53.3 Å². The maximum atomic E-state index is 2.87. The van der Waals surface area contributed by atoms with E-state index < -0.39 is 0 Å². The van der Waals surface area contributed by atoms with Gasteiger partial charge in [-0.15, -0.1) is 0 Å². The summed E-state index contributed by atoms with van der Waals surface area (Å²) in [5.41, 5.74) is 20.0. The Bertz CT molecular complexity index is 3380. The number of para-hydroxylation sites is 1. The summed E-state index contributed by atoms with van der Waals surface area (Å²) in [5.74, 6) is 6.06. The lowest BCUT2D eigenvalue weighted by molar-refractivity contribution is -0.175. The number of nitrogens with zero attached hydrogens (tertiary/aromatic N) is 2. The molecular weight excluding hydrogens is 699 g/mol. The molecule has 2 nitrogen and oxygen atoms in total. The molecule has 3 heteroatoms. The van der Waals surface area contributed by atoms with Crippen LogP contribution in [0.5, 0.6) is 0 Å². The number of hydrogen-bond donors (Lipinski definition) is 0. The van der Waals surface area contributed by atoms with Gasteiger partial charge in [0.25, 0.3) is 0 Å². The second-order valence-corrected chi connectivity index (χ2v) is 22.5. The predicted octanol–water partition coefficient (Wildman–Crippen LogP) is 11.5. The van der Waals surface area contributed by atoms with E-state index in [1.54, 1.807) is 21.9 Å². The van der Waals surface area contributed by atoms with Crippen molar-refractivity contribution in [1.29, 1.82) is 0 Å². The highest BCUT2D eigenvalue weighted by atomic mass is 15.0. The molecular formula is C55H45BN2. The van der Waals surface area contributed by atoms with Gasteiger partial charge in [0, 0.05) is 49.2 Å². The summed E-state index contributed by atoms with van der Waals surface area (Å²) in [5, 5.41) is 8.53. The van der Waals surface area contributed by atoms with Gasteiger partial charge in [0.1, 0.15) is 0 Å². The summed E-state index contributed by atoms with van der Waals surface area (Å²) in [6, 6.07) is 39.8. The molecule has 278 valence electrons. The number of hydrogen-bond acceptors (Lipinski definition) is 0. The zero-order valence-corrected chi connectivity index (χ0v) is 33.2. The monoisotopic (exact) mass is 744 g/mol. The molecule has 8 fully saturated rings. The van der Waals surface area contributed by atoms with Crippen molar-refractivity contribution in [2.24, 2.45) is 46.3 Å². The van der Waals surface area contributed by atoms with Crippen molar-refractivity contribution in [2.45, 2.75) is 82.0 Å². The Morgan fingerprint density at radius 2 is 1.22 bits per heavy atom. The molecule has 8 saturated carbocycles. The van der Waals surface area contributed by atoms with Crippen LogP contribution in [0.2, 0.25) is 0 Å². The molecule has 8 aliphatic carbocycles. The Labute approximate surface area is 338 Å². The average molecular weight is 745 g/mol. The smallest absolute Gasteiger partial charge is 0.333 e. The van der Waals surface area contributed by atoms with Crippen LogP contribution in [0.3, 0.4) is 0 Å². The fourth-order valence-electron chi connectivity index (χ4n) is 19.3. The van der Waals surface area contributed by atoms with Crippen molar-refractivity contribution < 1.29 is 0 Å². The first-order valence-corrected chi connectivity index (χ1v) is 23.2. The predicted molar refractivity (Wildman–Crippen MR) is 237 cm³/mol. The van der Waals surface area contributed by atoms with Gasteiger partial charge in [0.15, 0.2) is 0 Å². The van der Waals surface area contributed by atoms with Gasteiger partial charge >= 0.3 is 6.85 Å². The number of fused-ring (bicyclic) bond motifs is 14. The van der Waals surface area contributed by atoms with Gasteiger partial charge in [-0.05, 0) is 197 Å². The van der Waals surface area contributed by atoms with E-state index in [0.29, 0.717) is 16.2 Å². The van der Waals surface area contributed by atoms with E-state index in [0.717, 1.165) is 40.9 Å². The SMILES string of the molecule is Cc1cc2c3c(c1)-n1c4c(cccc4c4ccc5ccccc5c41)B3n1c3ccc(C45CC6CC7CC(C4)C76C5)cc3c3cc(C45CC6CC7CC(C4)C76C5)cc-2c31. The standard InChI is InChI=1S/C55H45BN2/c1-28-13-42-44-21-31(53-24-36-17-33-18-37(25-53)55(33,36)27-53)20-43-41-19-30(52-22-34-15-32-16-35(23-52)54(32,34)26-52)10-12-46(41)58(50(43)44)56-45-8-4-7-39-40-11-9-29-5-2-3-6-38(29)49(40)57(51(39)45)47(14-28)48(42)56/h2-14,19-21,32-37H,15-18,22-27H2,1H3. The van der Waals surface area contributed by atoms with Gasteiger partial charge in [-0.1, -0.05) is 66.7 Å². The molecule has 4 atom stereocenters. The summed E-state index contributed by atoms with van der Waals surface area (Å²) in [6.07, 6.45) is 14.8. The minimum atomic E-state index is 0.131. The van der Waals surface area contributed by atoms with Crippen molar-refractivity contribution in [3.05, 3.63) is 114 Å². The summed E-state index contributed by atoms with van der Waals surface area (Å²) >= 11 is 0. The van der Waals surface area contributed by atoms with Crippen LogP contribution in [0.4, 0.5) is 0 Å². The second kappa shape index (κ2) is 8.61. The third kappa shape index (κ3) is 2.72. The number of aryl methyl sites for hydroxylation is 1. The van der Waals surface area contributed by atoms with Crippen LogP contribution in [0.15, 0.2) is 97.1 Å². The van der Waals surface area contributed by atoms with Crippen LogP contribution in [-0.4, -0.2) is 15.9 Å². The maximum Gasteiger partial charge on any atom is 0.333 e. The number of benzene rings is 6. The molecule has 0 amide bonds. The number of aromatic nitrogens is 2. The van der Waals surface area contributed by atoms with Gasteiger partial charge in [-0.2, -0.15) is 0 Å². The summed E-state index contributed by atoms with van der Waals surface area (Å²) < 4.78 is 5.57. The Morgan fingerprint density at radius 3 is 1.97 bits per heavy atom. The van der Waals surface area contributed by atoms with Crippen LogP contribution < -0.4 is 10.9 Å². The highest BCUT2D eigenvalue weighted by molar-refractivity contribution is 6.90. The number of rotatable bonds is 2. The van der Waals surface area contributed by atoms with Gasteiger partial charge in [-0.3, -0.25) is 0 Å². The molecule has 4 unspecified atom stereocenters. The van der Waals surface area contributed by atoms with Gasteiger partial charge in [0.2, 0.25) is 0 Å². The van der Waals surface area contributed by atoms with E-state index in [-0.39, 0.29) is 6.85 Å². The Morgan fingerprint density at radius 1 is 0.534 bits per heavy atom. The normalized spacial score (nSPS) is 37.6. The molecule has 18 rings (SSSR count).